The number of hydrogen-bond acceptors (Lipinski definition) is 3. The number of carbonyl (C=O) groups excluding carboxylic acids is 2. The Labute approximate surface area is 197 Å². The fourth-order valence-corrected chi connectivity index (χ4v) is 3.64. The molecule has 0 aliphatic heterocycles. The van der Waals surface area contributed by atoms with E-state index in [0.29, 0.717) is 12.3 Å². The maximum atomic E-state index is 13.2. The lowest BCUT2D eigenvalue weighted by Gasteiger charge is -2.29. The van der Waals surface area contributed by atoms with E-state index in [-0.39, 0.29) is 24.5 Å². The third-order valence-electron chi connectivity index (χ3n) is 5.54. The largest absolute Gasteiger partial charge is 0.483 e. The summed E-state index contributed by atoms with van der Waals surface area (Å²) in [6, 6.07) is 20.8. The Hall–Kier alpha value is -2.86. The van der Waals surface area contributed by atoms with E-state index < -0.39 is 6.04 Å². The molecule has 0 aliphatic carbocycles. The molecule has 2 amide bonds. The van der Waals surface area contributed by atoms with Crippen LogP contribution < -0.4 is 10.1 Å². The molecule has 2 atom stereocenters. The van der Waals surface area contributed by atoms with Crippen LogP contribution in [0.2, 0.25) is 0 Å². The highest BCUT2D eigenvalue weighted by atomic mass is 79.9. The van der Waals surface area contributed by atoms with E-state index in [2.05, 4.69) is 21.2 Å². The lowest BCUT2D eigenvalue weighted by molar-refractivity contribution is -0.142. The summed E-state index contributed by atoms with van der Waals surface area (Å²) in [5, 5.41) is 4.97. The number of hydrogen-bond donors (Lipinski definition) is 1. The van der Waals surface area contributed by atoms with Gasteiger partial charge in [-0.2, -0.15) is 0 Å². The number of amides is 2. The average molecular weight is 497 g/mol. The van der Waals surface area contributed by atoms with E-state index >= 15 is 0 Å². The topological polar surface area (TPSA) is 58.6 Å². The molecule has 0 saturated carbocycles. The van der Waals surface area contributed by atoms with Crippen LogP contribution >= 0.6 is 15.9 Å². The van der Waals surface area contributed by atoms with Gasteiger partial charge in [0.25, 0.3) is 5.91 Å². The van der Waals surface area contributed by atoms with Gasteiger partial charge in [-0.15, -0.1) is 0 Å². The van der Waals surface area contributed by atoms with E-state index in [1.807, 2.05) is 80.6 Å². The molecule has 0 bridgehead atoms. The van der Waals surface area contributed by atoms with Gasteiger partial charge in [0.05, 0.1) is 0 Å². The Balaban J connectivity index is 1.78. The highest BCUT2D eigenvalue weighted by molar-refractivity contribution is 9.10. The molecule has 0 spiro atoms. The van der Waals surface area contributed by atoms with Gasteiger partial charge in [-0.3, -0.25) is 9.59 Å². The lowest BCUT2D eigenvalue weighted by Crippen LogP contribution is -2.50. The summed E-state index contributed by atoms with van der Waals surface area (Å²) < 4.78 is 6.88. The number of rotatable bonds is 9. The standard InChI is InChI=1S/C26H29BrN2O3/c1-4-18(2)28-26(31)19(3)29(16-20-12-14-22(27)15-13-20)25(30)17-32-24-11-7-9-21-8-5-6-10-23(21)24/h5-15,18-19H,4,16-17H2,1-3H3,(H,28,31)/t18-,19+/m0/s1. The molecule has 3 rings (SSSR count). The van der Waals surface area contributed by atoms with Crippen molar-refractivity contribution < 1.29 is 14.3 Å². The van der Waals surface area contributed by atoms with E-state index in [1.165, 1.54) is 0 Å². The number of ether oxygens (including phenoxy) is 1. The zero-order valence-electron chi connectivity index (χ0n) is 18.7. The van der Waals surface area contributed by atoms with E-state index in [1.54, 1.807) is 11.8 Å². The predicted molar refractivity (Wildman–Crippen MR) is 131 cm³/mol. The summed E-state index contributed by atoms with van der Waals surface area (Å²) in [5.74, 6) is 0.236. The molecule has 168 valence electrons. The van der Waals surface area contributed by atoms with Crippen LogP contribution in [-0.2, 0) is 16.1 Å². The van der Waals surface area contributed by atoms with Crippen LogP contribution in [0.3, 0.4) is 0 Å². The molecule has 0 saturated heterocycles. The second-order valence-electron chi connectivity index (χ2n) is 7.91. The van der Waals surface area contributed by atoms with Gasteiger partial charge in [-0.05, 0) is 49.4 Å². The zero-order chi connectivity index (χ0) is 23.1. The molecule has 0 heterocycles. The van der Waals surface area contributed by atoms with Crippen molar-refractivity contribution in [3.63, 3.8) is 0 Å². The second kappa shape index (κ2) is 11.1. The zero-order valence-corrected chi connectivity index (χ0v) is 20.3. The normalized spacial score (nSPS) is 12.8. The molecule has 0 unspecified atom stereocenters. The molecular formula is C26H29BrN2O3. The second-order valence-corrected chi connectivity index (χ2v) is 8.82. The number of nitrogens with zero attached hydrogens (tertiary/aromatic N) is 1. The first-order valence-corrected chi connectivity index (χ1v) is 11.6. The minimum Gasteiger partial charge on any atom is -0.483 e. The lowest BCUT2D eigenvalue weighted by atomic mass is 10.1. The molecule has 3 aromatic rings. The van der Waals surface area contributed by atoms with Crippen LogP contribution in [0.4, 0.5) is 0 Å². The van der Waals surface area contributed by atoms with Gasteiger partial charge in [0, 0.05) is 22.4 Å². The molecule has 32 heavy (non-hydrogen) atoms. The fourth-order valence-electron chi connectivity index (χ4n) is 3.38. The van der Waals surface area contributed by atoms with Crippen molar-refractivity contribution >= 4 is 38.5 Å². The Morgan fingerprint density at radius 1 is 1.00 bits per heavy atom. The van der Waals surface area contributed by atoms with Crippen LogP contribution in [0.1, 0.15) is 32.8 Å². The van der Waals surface area contributed by atoms with Crippen molar-refractivity contribution in [1.29, 1.82) is 0 Å². The predicted octanol–water partition coefficient (Wildman–Crippen LogP) is 5.31. The van der Waals surface area contributed by atoms with Crippen molar-refractivity contribution in [2.24, 2.45) is 0 Å². The van der Waals surface area contributed by atoms with Gasteiger partial charge in [0.2, 0.25) is 5.91 Å². The minimum absolute atomic E-state index is 0.0431. The van der Waals surface area contributed by atoms with E-state index in [9.17, 15) is 9.59 Å². The van der Waals surface area contributed by atoms with Gasteiger partial charge in [0.15, 0.2) is 6.61 Å². The number of halogens is 1. The monoisotopic (exact) mass is 496 g/mol. The van der Waals surface area contributed by atoms with Crippen LogP contribution in [0.5, 0.6) is 5.75 Å². The Morgan fingerprint density at radius 3 is 2.41 bits per heavy atom. The number of fused-ring (bicyclic) bond motifs is 1. The first kappa shape index (κ1) is 23.8. The average Bonchev–Trinajstić information content (AvgIpc) is 2.81. The number of carbonyl (C=O) groups is 2. The third-order valence-corrected chi connectivity index (χ3v) is 6.06. The Bertz CT molecular complexity index is 1060. The molecular weight excluding hydrogens is 468 g/mol. The maximum absolute atomic E-state index is 13.2. The molecule has 0 radical (unpaired) electrons. The van der Waals surface area contributed by atoms with Gasteiger partial charge < -0.3 is 15.0 Å². The first-order chi connectivity index (χ1) is 15.4. The Kier molecular flexibility index (Phi) is 8.28. The summed E-state index contributed by atoms with van der Waals surface area (Å²) in [5.41, 5.74) is 0.940. The maximum Gasteiger partial charge on any atom is 0.261 e. The fraction of sp³-hybridized carbons (Fsp3) is 0.308. The molecule has 3 aromatic carbocycles. The number of benzene rings is 3. The molecule has 0 aromatic heterocycles. The van der Waals surface area contributed by atoms with Crippen LogP contribution in [0.15, 0.2) is 71.2 Å². The molecule has 0 aliphatic rings. The van der Waals surface area contributed by atoms with E-state index in [4.69, 9.17) is 4.74 Å². The van der Waals surface area contributed by atoms with Crippen molar-refractivity contribution in [2.75, 3.05) is 6.61 Å². The highest BCUT2D eigenvalue weighted by Gasteiger charge is 2.27. The SMILES string of the molecule is CC[C@H](C)NC(=O)[C@@H](C)N(Cc1ccc(Br)cc1)C(=O)COc1cccc2ccccc12. The van der Waals surface area contributed by atoms with Gasteiger partial charge >= 0.3 is 0 Å². The van der Waals surface area contributed by atoms with Crippen molar-refractivity contribution in [1.82, 2.24) is 10.2 Å². The summed E-state index contributed by atoms with van der Waals surface area (Å²) in [7, 11) is 0. The van der Waals surface area contributed by atoms with Crippen LogP contribution in [-0.4, -0.2) is 35.4 Å². The van der Waals surface area contributed by atoms with Crippen LogP contribution in [0, 0.1) is 0 Å². The van der Waals surface area contributed by atoms with Crippen molar-refractivity contribution in [3.05, 3.63) is 76.8 Å². The molecule has 5 nitrogen and oxygen atoms in total. The van der Waals surface area contributed by atoms with Gasteiger partial charge in [-0.25, -0.2) is 0 Å². The quantitative estimate of drug-likeness (QED) is 0.436. The van der Waals surface area contributed by atoms with Gasteiger partial charge in [-0.1, -0.05) is 71.4 Å². The molecule has 6 heteroatoms. The van der Waals surface area contributed by atoms with Crippen LogP contribution in [0.25, 0.3) is 10.8 Å². The summed E-state index contributed by atoms with van der Waals surface area (Å²) >= 11 is 3.43. The Morgan fingerprint density at radius 2 is 1.69 bits per heavy atom. The molecule has 1 N–H and O–H groups in total. The minimum atomic E-state index is -0.628. The highest BCUT2D eigenvalue weighted by Crippen LogP contribution is 2.25. The third kappa shape index (κ3) is 6.10. The summed E-state index contributed by atoms with van der Waals surface area (Å²) in [6.07, 6.45) is 0.823. The van der Waals surface area contributed by atoms with Crippen molar-refractivity contribution in [3.8, 4) is 5.75 Å². The van der Waals surface area contributed by atoms with E-state index in [0.717, 1.165) is 27.2 Å². The summed E-state index contributed by atoms with van der Waals surface area (Å²) in [4.78, 5) is 27.6. The smallest absolute Gasteiger partial charge is 0.261 e. The first-order valence-electron chi connectivity index (χ1n) is 10.8. The number of nitrogens with one attached hydrogen (secondary N) is 1. The summed E-state index contributed by atoms with van der Waals surface area (Å²) in [6.45, 7) is 5.89. The molecule has 0 fully saturated rings. The van der Waals surface area contributed by atoms with Gasteiger partial charge in [0.1, 0.15) is 11.8 Å². The van der Waals surface area contributed by atoms with Crippen molar-refractivity contribution in [2.45, 2.75) is 45.8 Å².